The standard InChI is InChI=1S/C10H10N4O4.C6H8N2O2S/c1-13(11-17)9(15)7-3-5-8(6-4-7)10(16)14(2)12-18;7-8-11(9,10)6-4-2-1-3-5-6/h3-6H,1-2H3;1-5,8H,7H2. The fourth-order valence-electron chi connectivity index (χ4n) is 1.87. The molecule has 29 heavy (non-hydrogen) atoms. The highest BCUT2D eigenvalue weighted by molar-refractivity contribution is 7.89. The summed E-state index contributed by atoms with van der Waals surface area (Å²) in [4.78, 5) is 45.3. The maximum atomic E-state index is 11.5. The van der Waals surface area contributed by atoms with Gasteiger partial charge < -0.3 is 0 Å². The Morgan fingerprint density at radius 1 is 0.828 bits per heavy atom. The van der Waals surface area contributed by atoms with E-state index in [-0.39, 0.29) is 16.0 Å². The highest BCUT2D eigenvalue weighted by Gasteiger charge is 2.15. The van der Waals surface area contributed by atoms with Crippen molar-refractivity contribution in [3.05, 3.63) is 75.5 Å². The summed E-state index contributed by atoms with van der Waals surface area (Å²) in [5, 5.41) is 6.20. The van der Waals surface area contributed by atoms with E-state index in [1.807, 2.05) is 0 Å². The summed E-state index contributed by atoms with van der Waals surface area (Å²) < 4.78 is 21.9. The topological polar surface area (TPSA) is 172 Å². The van der Waals surface area contributed by atoms with Crippen molar-refractivity contribution in [2.75, 3.05) is 14.1 Å². The Morgan fingerprint density at radius 2 is 1.21 bits per heavy atom. The summed E-state index contributed by atoms with van der Waals surface area (Å²) in [6.07, 6.45) is 0. The van der Waals surface area contributed by atoms with Crippen molar-refractivity contribution >= 4 is 21.8 Å². The molecule has 0 aliphatic heterocycles. The van der Waals surface area contributed by atoms with Crippen LogP contribution in [0.5, 0.6) is 0 Å². The second-order valence-corrected chi connectivity index (χ2v) is 7.05. The van der Waals surface area contributed by atoms with E-state index in [1.54, 1.807) is 23.0 Å². The number of nitrogens with two attached hydrogens (primary N) is 1. The predicted molar refractivity (Wildman–Crippen MR) is 103 cm³/mol. The Morgan fingerprint density at radius 3 is 1.52 bits per heavy atom. The molecule has 0 bridgehead atoms. The monoisotopic (exact) mass is 422 g/mol. The molecule has 0 saturated carbocycles. The van der Waals surface area contributed by atoms with Crippen LogP contribution in [0.2, 0.25) is 0 Å². The lowest BCUT2D eigenvalue weighted by atomic mass is 10.1. The summed E-state index contributed by atoms with van der Waals surface area (Å²) in [7, 11) is -1.03. The molecule has 2 aromatic carbocycles. The number of carbonyl (C=O) groups excluding carboxylic acids is 2. The second-order valence-electron chi connectivity index (χ2n) is 5.33. The average Bonchev–Trinajstić information content (AvgIpc) is 2.78. The first kappa shape index (κ1) is 23.5. The average molecular weight is 422 g/mol. The molecule has 3 N–H and O–H groups in total. The molecule has 2 rings (SSSR count). The van der Waals surface area contributed by atoms with Gasteiger partial charge in [0.1, 0.15) is 0 Å². The van der Waals surface area contributed by atoms with Gasteiger partial charge in [-0.1, -0.05) is 18.2 Å². The lowest BCUT2D eigenvalue weighted by Gasteiger charge is -2.09. The van der Waals surface area contributed by atoms with Gasteiger partial charge in [0, 0.05) is 25.2 Å². The normalized spacial score (nSPS) is 10.2. The number of hydrogen-bond acceptors (Lipinski definition) is 9. The Labute approximate surface area is 166 Å². The van der Waals surface area contributed by atoms with Crippen LogP contribution in [0.1, 0.15) is 20.7 Å². The van der Waals surface area contributed by atoms with Crippen molar-refractivity contribution in [2.24, 2.45) is 16.4 Å². The van der Waals surface area contributed by atoms with Gasteiger partial charge in [-0.05, 0) is 36.4 Å². The molecule has 0 saturated heterocycles. The quantitative estimate of drug-likeness (QED) is 0.397. The largest absolute Gasteiger partial charge is 0.276 e. The molecule has 0 heterocycles. The van der Waals surface area contributed by atoms with Crippen LogP contribution < -0.4 is 10.7 Å². The molecule has 0 aliphatic carbocycles. The summed E-state index contributed by atoms with van der Waals surface area (Å²) in [5.74, 6) is 3.62. The lowest BCUT2D eigenvalue weighted by Crippen LogP contribution is -2.30. The zero-order chi connectivity index (χ0) is 22.0. The molecular weight excluding hydrogens is 404 g/mol. The number of benzene rings is 2. The number of nitroso groups, excluding NO2 is 2. The van der Waals surface area contributed by atoms with E-state index in [2.05, 4.69) is 10.6 Å². The Kier molecular flexibility index (Phi) is 8.67. The number of amides is 2. The summed E-state index contributed by atoms with van der Waals surface area (Å²) in [5.41, 5.74) is 0.408. The molecule has 0 radical (unpaired) electrons. The third-order valence-electron chi connectivity index (χ3n) is 3.42. The molecule has 0 aromatic heterocycles. The number of nitrogens with one attached hydrogen (secondary N) is 1. The Bertz CT molecular complexity index is 920. The van der Waals surface area contributed by atoms with Crippen LogP contribution in [0.15, 0.2) is 70.1 Å². The zero-order valence-electron chi connectivity index (χ0n) is 15.4. The highest BCUT2D eigenvalue weighted by atomic mass is 32.2. The number of rotatable bonds is 6. The molecular formula is C16H18N6O6S. The minimum Gasteiger partial charge on any atom is -0.267 e. The van der Waals surface area contributed by atoms with Crippen molar-refractivity contribution in [3.8, 4) is 0 Å². The van der Waals surface area contributed by atoms with E-state index >= 15 is 0 Å². The van der Waals surface area contributed by atoms with Gasteiger partial charge in [0.25, 0.3) is 21.8 Å². The highest BCUT2D eigenvalue weighted by Crippen LogP contribution is 2.09. The van der Waals surface area contributed by atoms with Crippen LogP contribution in [0.25, 0.3) is 0 Å². The van der Waals surface area contributed by atoms with Crippen LogP contribution in [0.4, 0.5) is 0 Å². The Balaban J connectivity index is 0.000000326. The predicted octanol–water partition coefficient (Wildman–Crippen LogP) is 1.03. The summed E-state index contributed by atoms with van der Waals surface area (Å²) >= 11 is 0. The van der Waals surface area contributed by atoms with Crippen molar-refractivity contribution in [1.29, 1.82) is 0 Å². The zero-order valence-corrected chi connectivity index (χ0v) is 16.2. The first-order chi connectivity index (χ1) is 13.7. The maximum Gasteiger partial charge on any atom is 0.276 e. The summed E-state index contributed by atoms with van der Waals surface area (Å²) in [6.45, 7) is 0. The van der Waals surface area contributed by atoms with Crippen molar-refractivity contribution in [2.45, 2.75) is 4.90 Å². The van der Waals surface area contributed by atoms with Gasteiger partial charge in [0.2, 0.25) is 0 Å². The molecule has 0 spiro atoms. The summed E-state index contributed by atoms with van der Waals surface area (Å²) in [6, 6.07) is 13.4. The minimum absolute atomic E-state index is 0.169. The number of sulfonamides is 1. The minimum atomic E-state index is -3.47. The van der Waals surface area contributed by atoms with Crippen LogP contribution >= 0.6 is 0 Å². The second kappa shape index (κ2) is 10.7. The van der Waals surface area contributed by atoms with Crippen molar-refractivity contribution in [1.82, 2.24) is 14.8 Å². The number of hydrogen-bond donors (Lipinski definition) is 2. The van der Waals surface area contributed by atoms with E-state index in [1.165, 1.54) is 50.5 Å². The molecule has 0 aliphatic rings. The fraction of sp³-hybridized carbons (Fsp3) is 0.125. The molecule has 13 heteroatoms. The van der Waals surface area contributed by atoms with Gasteiger partial charge in [-0.2, -0.15) is 14.8 Å². The first-order valence-electron chi connectivity index (χ1n) is 7.78. The van der Waals surface area contributed by atoms with Crippen LogP contribution in [0, 0.1) is 9.81 Å². The van der Waals surface area contributed by atoms with E-state index in [0.29, 0.717) is 10.0 Å². The molecule has 154 valence electrons. The van der Waals surface area contributed by atoms with Crippen LogP contribution in [0.3, 0.4) is 0 Å². The van der Waals surface area contributed by atoms with Gasteiger partial charge in [0.05, 0.1) is 15.5 Å². The van der Waals surface area contributed by atoms with Gasteiger partial charge in [-0.3, -0.25) is 15.4 Å². The third-order valence-corrected chi connectivity index (χ3v) is 4.62. The molecule has 12 nitrogen and oxygen atoms in total. The lowest BCUT2D eigenvalue weighted by molar-refractivity contribution is 0.0785. The van der Waals surface area contributed by atoms with Crippen LogP contribution in [-0.4, -0.2) is 44.3 Å². The van der Waals surface area contributed by atoms with Gasteiger partial charge in [-0.25, -0.2) is 8.42 Å². The van der Waals surface area contributed by atoms with Gasteiger partial charge in [-0.15, -0.1) is 9.81 Å². The van der Waals surface area contributed by atoms with Gasteiger partial charge in [0.15, 0.2) is 0 Å². The van der Waals surface area contributed by atoms with E-state index in [9.17, 15) is 27.8 Å². The molecule has 0 unspecified atom stereocenters. The van der Waals surface area contributed by atoms with E-state index in [4.69, 9.17) is 5.84 Å². The SMILES string of the molecule is CN(N=O)C(=O)c1ccc(C(=O)N(C)N=O)cc1.NNS(=O)(=O)c1ccccc1. The molecule has 2 aromatic rings. The molecule has 0 fully saturated rings. The van der Waals surface area contributed by atoms with Crippen LogP contribution in [-0.2, 0) is 10.0 Å². The fourth-order valence-corrected chi connectivity index (χ4v) is 2.52. The smallest absolute Gasteiger partial charge is 0.267 e. The van der Waals surface area contributed by atoms with Gasteiger partial charge >= 0.3 is 0 Å². The van der Waals surface area contributed by atoms with E-state index in [0.717, 1.165) is 0 Å². The van der Waals surface area contributed by atoms with Crippen molar-refractivity contribution in [3.63, 3.8) is 0 Å². The third kappa shape index (κ3) is 6.53. The van der Waals surface area contributed by atoms with Crippen molar-refractivity contribution < 1.29 is 18.0 Å². The maximum absolute atomic E-state index is 11.5. The molecule has 0 atom stereocenters. The first-order valence-corrected chi connectivity index (χ1v) is 9.26. The number of nitrogens with zero attached hydrogens (tertiary/aromatic N) is 4. The Hall–Kier alpha value is -3.55. The molecule has 2 amide bonds. The number of carbonyl (C=O) groups is 2. The van der Waals surface area contributed by atoms with E-state index < -0.39 is 21.8 Å². The number of hydrazine groups is 1.